The maximum atomic E-state index is 5.52. The molecule has 0 atom stereocenters. The van der Waals surface area contributed by atoms with E-state index in [0.717, 1.165) is 14.5 Å². The van der Waals surface area contributed by atoms with Gasteiger partial charge in [0.05, 0.1) is 19.3 Å². The summed E-state index contributed by atoms with van der Waals surface area (Å²) in [5.74, 6) is 0. The largest absolute Gasteiger partial charge is 0.393 e. The zero-order valence-electron chi connectivity index (χ0n) is 8.49. The molecule has 0 amide bonds. The number of rotatable bonds is 3. The Hall–Kier alpha value is -0.300. The highest BCUT2D eigenvalue weighted by Crippen LogP contribution is 2.34. The quantitative estimate of drug-likeness (QED) is 0.869. The number of thiophene rings is 1. The lowest BCUT2D eigenvalue weighted by atomic mass is 10.3. The number of aromatic nitrogens is 1. The van der Waals surface area contributed by atoms with Crippen molar-refractivity contribution in [2.24, 2.45) is 5.73 Å². The maximum Gasteiger partial charge on any atom is 0.100 e. The van der Waals surface area contributed by atoms with Crippen LogP contribution in [-0.4, -0.2) is 9.97 Å². The van der Waals surface area contributed by atoms with E-state index in [0.29, 0.717) is 11.4 Å². The van der Waals surface area contributed by atoms with Crippen molar-refractivity contribution in [1.82, 2.24) is 4.98 Å². The second kappa shape index (κ2) is 4.91. The second-order valence-electron chi connectivity index (χ2n) is 3.26. The smallest absolute Gasteiger partial charge is 0.100 e. The highest BCUT2D eigenvalue weighted by atomic mass is 79.9. The van der Waals surface area contributed by atoms with Crippen LogP contribution in [0.15, 0.2) is 15.9 Å². The van der Waals surface area contributed by atoms with Crippen LogP contribution in [0.25, 0.3) is 10.6 Å². The minimum atomic E-state index is 0.493. The summed E-state index contributed by atoms with van der Waals surface area (Å²) < 4.78 is 1.12. The van der Waals surface area contributed by atoms with Gasteiger partial charge in [-0.2, -0.15) is 0 Å². The van der Waals surface area contributed by atoms with E-state index in [1.807, 2.05) is 6.07 Å². The van der Waals surface area contributed by atoms with Crippen molar-refractivity contribution in [3.8, 4) is 10.6 Å². The van der Waals surface area contributed by atoms with Gasteiger partial charge in [0, 0.05) is 11.3 Å². The van der Waals surface area contributed by atoms with E-state index in [4.69, 9.17) is 18.0 Å². The summed E-state index contributed by atoms with van der Waals surface area (Å²) in [7, 11) is 0. The van der Waals surface area contributed by atoms with E-state index in [9.17, 15) is 0 Å². The van der Waals surface area contributed by atoms with Crippen molar-refractivity contribution in [2.45, 2.75) is 13.3 Å². The van der Waals surface area contributed by atoms with Crippen LogP contribution in [0.5, 0.6) is 0 Å². The van der Waals surface area contributed by atoms with Crippen LogP contribution in [0.2, 0.25) is 0 Å². The number of nitrogens with two attached hydrogens (primary N) is 1. The number of hydrogen-bond acceptors (Lipinski definition) is 4. The molecule has 0 fully saturated rings. The molecule has 16 heavy (non-hydrogen) atoms. The summed E-state index contributed by atoms with van der Waals surface area (Å²) in [5, 5.41) is 0.990. The predicted octanol–water partition coefficient (Wildman–Crippen LogP) is 3.77. The molecule has 0 bridgehead atoms. The molecule has 2 heterocycles. The highest BCUT2D eigenvalue weighted by Gasteiger charge is 2.11. The molecular formula is C10H9BrN2S3. The van der Waals surface area contributed by atoms with E-state index in [-0.39, 0.29) is 0 Å². The van der Waals surface area contributed by atoms with Crippen molar-refractivity contribution in [3.05, 3.63) is 25.8 Å². The van der Waals surface area contributed by atoms with E-state index in [1.54, 1.807) is 22.7 Å². The Labute approximate surface area is 116 Å². The Bertz CT molecular complexity index is 530. The van der Waals surface area contributed by atoms with E-state index >= 15 is 0 Å². The first-order valence-corrected chi connectivity index (χ1v) is 7.40. The van der Waals surface area contributed by atoms with Crippen LogP contribution in [-0.2, 0) is 6.42 Å². The van der Waals surface area contributed by atoms with Gasteiger partial charge in [-0.25, -0.2) is 4.98 Å². The lowest BCUT2D eigenvalue weighted by Crippen LogP contribution is -2.10. The standard InChI is InChI=1S/C10H9BrN2S3/c1-5-10(6-2-3-7(11)16-6)13-9(15-5)4-8(12)14/h2-3H,4H2,1H3,(H2,12,14). The molecule has 2 nitrogen and oxygen atoms in total. The van der Waals surface area contributed by atoms with Gasteiger partial charge in [0.15, 0.2) is 0 Å². The van der Waals surface area contributed by atoms with Gasteiger partial charge in [0.25, 0.3) is 0 Å². The van der Waals surface area contributed by atoms with E-state index in [2.05, 4.69) is 33.9 Å². The lowest BCUT2D eigenvalue weighted by Gasteiger charge is -1.92. The minimum absolute atomic E-state index is 0.493. The van der Waals surface area contributed by atoms with Crippen LogP contribution in [0, 0.1) is 6.92 Å². The van der Waals surface area contributed by atoms with Crippen molar-refractivity contribution in [3.63, 3.8) is 0 Å². The summed E-state index contributed by atoms with van der Waals surface area (Å²) in [6.07, 6.45) is 0.591. The van der Waals surface area contributed by atoms with Gasteiger partial charge in [0.2, 0.25) is 0 Å². The Morgan fingerprint density at radius 2 is 2.25 bits per heavy atom. The lowest BCUT2D eigenvalue weighted by molar-refractivity contribution is 1.23. The Morgan fingerprint density at radius 1 is 1.50 bits per heavy atom. The number of nitrogens with zero attached hydrogens (tertiary/aromatic N) is 1. The highest BCUT2D eigenvalue weighted by molar-refractivity contribution is 9.11. The van der Waals surface area contributed by atoms with Crippen molar-refractivity contribution >= 4 is 55.8 Å². The minimum Gasteiger partial charge on any atom is -0.393 e. The van der Waals surface area contributed by atoms with Gasteiger partial charge >= 0.3 is 0 Å². The SMILES string of the molecule is Cc1sc(CC(N)=S)nc1-c1ccc(Br)s1. The number of thiazole rings is 1. The second-order valence-corrected chi connectivity index (χ2v) is 7.53. The van der Waals surface area contributed by atoms with Crippen LogP contribution in [0.1, 0.15) is 9.88 Å². The van der Waals surface area contributed by atoms with E-state index in [1.165, 1.54) is 9.75 Å². The Kier molecular flexibility index (Phi) is 3.73. The summed E-state index contributed by atoms with van der Waals surface area (Å²) in [5.41, 5.74) is 6.57. The first-order chi connectivity index (χ1) is 7.56. The average molecular weight is 333 g/mol. The summed E-state index contributed by atoms with van der Waals surface area (Å²) in [6.45, 7) is 2.07. The number of thiocarbonyl (C=S) groups is 1. The Balaban J connectivity index is 2.35. The number of aryl methyl sites for hydroxylation is 1. The third-order valence-corrected chi connectivity index (χ3v) is 4.72. The molecule has 0 spiro atoms. The normalized spacial score (nSPS) is 10.6. The third-order valence-electron chi connectivity index (χ3n) is 1.97. The van der Waals surface area contributed by atoms with Crippen LogP contribution in [0.4, 0.5) is 0 Å². The molecule has 2 aromatic rings. The first kappa shape index (κ1) is 12.2. The van der Waals surface area contributed by atoms with Crippen LogP contribution >= 0.6 is 50.8 Å². The molecule has 0 aliphatic rings. The Morgan fingerprint density at radius 3 is 2.81 bits per heavy atom. The topological polar surface area (TPSA) is 38.9 Å². The van der Waals surface area contributed by atoms with Crippen LogP contribution < -0.4 is 5.73 Å². The van der Waals surface area contributed by atoms with Gasteiger partial charge in [0.1, 0.15) is 5.01 Å². The fraction of sp³-hybridized carbons (Fsp3) is 0.200. The van der Waals surface area contributed by atoms with Gasteiger partial charge in [-0.3, -0.25) is 0 Å². The molecule has 2 N–H and O–H groups in total. The molecule has 0 radical (unpaired) electrons. The molecule has 0 aliphatic carbocycles. The summed E-state index contributed by atoms with van der Waals surface area (Å²) in [6, 6.07) is 4.10. The monoisotopic (exact) mass is 332 g/mol. The number of hydrogen-bond donors (Lipinski definition) is 1. The third kappa shape index (κ3) is 2.68. The number of halogens is 1. The zero-order valence-corrected chi connectivity index (χ0v) is 12.5. The zero-order chi connectivity index (χ0) is 11.7. The first-order valence-electron chi connectivity index (χ1n) is 4.56. The van der Waals surface area contributed by atoms with Crippen molar-refractivity contribution in [2.75, 3.05) is 0 Å². The molecule has 0 aromatic carbocycles. The molecule has 0 unspecified atom stereocenters. The molecule has 0 saturated carbocycles. The fourth-order valence-electron chi connectivity index (χ4n) is 1.35. The van der Waals surface area contributed by atoms with Gasteiger partial charge in [-0.05, 0) is 35.0 Å². The fourth-order valence-corrected chi connectivity index (χ4v) is 4.04. The van der Waals surface area contributed by atoms with Gasteiger partial charge in [-0.1, -0.05) is 12.2 Å². The average Bonchev–Trinajstić information content (AvgIpc) is 2.72. The molecule has 0 saturated heterocycles. The molecule has 2 aromatic heterocycles. The van der Waals surface area contributed by atoms with E-state index < -0.39 is 0 Å². The van der Waals surface area contributed by atoms with Gasteiger partial charge in [-0.15, -0.1) is 22.7 Å². The van der Waals surface area contributed by atoms with Gasteiger partial charge < -0.3 is 5.73 Å². The molecular weight excluding hydrogens is 324 g/mol. The van der Waals surface area contributed by atoms with Crippen LogP contribution in [0.3, 0.4) is 0 Å². The van der Waals surface area contributed by atoms with Crippen molar-refractivity contribution < 1.29 is 0 Å². The summed E-state index contributed by atoms with van der Waals surface area (Å²) in [4.78, 5) is 7.45. The molecule has 0 aliphatic heterocycles. The maximum absolute atomic E-state index is 5.52. The predicted molar refractivity (Wildman–Crippen MR) is 78.4 cm³/mol. The molecule has 6 heteroatoms. The molecule has 2 rings (SSSR count). The summed E-state index contributed by atoms with van der Waals surface area (Å²) >= 11 is 11.7. The molecule has 84 valence electrons. The van der Waals surface area contributed by atoms with Crippen molar-refractivity contribution in [1.29, 1.82) is 0 Å².